The van der Waals surface area contributed by atoms with Gasteiger partial charge in [-0.15, -0.1) is 0 Å². The third-order valence-corrected chi connectivity index (χ3v) is 7.26. The molecule has 2 nitrogen and oxygen atoms in total. The van der Waals surface area contributed by atoms with E-state index in [1.54, 1.807) is 0 Å². The maximum Gasteiger partial charge on any atom is 0.636 e. The molecule has 0 fully saturated rings. The number of fused-ring (bicyclic) bond motifs is 4. The third-order valence-electron chi connectivity index (χ3n) is 7.26. The van der Waals surface area contributed by atoms with Crippen molar-refractivity contribution in [3.05, 3.63) is 123 Å². The SMILES string of the molecule is Fc1ccc2c(c1F)-c1c(F)c(F)c(F)c(OB(Oc3c(F)c(F)c(F)c(F)c3F)c3c(F)c(F)c(F)c4c(F)c(F)ccc34)c1C2. The lowest BCUT2D eigenvalue weighted by atomic mass is 9.74. The van der Waals surface area contributed by atoms with Gasteiger partial charge in [-0.05, 0) is 23.1 Å². The lowest BCUT2D eigenvalue weighted by molar-refractivity contribution is 0.329. The van der Waals surface area contributed by atoms with Crippen LogP contribution in [-0.2, 0) is 6.42 Å². The summed E-state index contributed by atoms with van der Waals surface area (Å²) in [7, 11) is -3.35. The zero-order chi connectivity index (χ0) is 34.4. The molecule has 0 spiro atoms. The number of hydrogen-bond donors (Lipinski definition) is 0. The summed E-state index contributed by atoms with van der Waals surface area (Å²) in [5, 5.41) is -3.03. The fraction of sp³-hybridized carbons (Fsp3) is 0.0345. The summed E-state index contributed by atoms with van der Waals surface area (Å²) in [6, 6.07) is 1.87. The molecule has 1 aliphatic rings. The molecular formula is C29H6BF15O2. The summed E-state index contributed by atoms with van der Waals surface area (Å²) in [6.07, 6.45) is -0.846. The van der Waals surface area contributed by atoms with Gasteiger partial charge in [-0.25, -0.2) is 52.7 Å². The number of hydrogen-bond acceptors (Lipinski definition) is 2. The Balaban J connectivity index is 1.67. The molecule has 47 heavy (non-hydrogen) atoms. The summed E-state index contributed by atoms with van der Waals surface area (Å²) in [6.45, 7) is 0. The molecule has 0 saturated carbocycles. The average molecular weight is 682 g/mol. The monoisotopic (exact) mass is 682 g/mol. The smallest absolute Gasteiger partial charge is 0.519 e. The van der Waals surface area contributed by atoms with Crippen molar-refractivity contribution in [1.29, 1.82) is 0 Å². The van der Waals surface area contributed by atoms with Crippen LogP contribution in [0.4, 0.5) is 65.9 Å². The molecule has 0 bridgehead atoms. The van der Waals surface area contributed by atoms with Gasteiger partial charge in [0.2, 0.25) is 34.9 Å². The van der Waals surface area contributed by atoms with Gasteiger partial charge in [0.25, 0.3) is 0 Å². The Kier molecular flexibility index (Phi) is 7.51. The first-order chi connectivity index (χ1) is 22.1. The van der Waals surface area contributed by atoms with Gasteiger partial charge in [0, 0.05) is 23.1 Å². The Bertz CT molecular complexity index is 2180. The van der Waals surface area contributed by atoms with Crippen molar-refractivity contribution in [3.8, 4) is 22.6 Å². The van der Waals surface area contributed by atoms with Crippen molar-refractivity contribution < 1.29 is 75.2 Å². The van der Waals surface area contributed by atoms with Gasteiger partial charge in [-0.2, -0.15) is 13.2 Å². The second kappa shape index (κ2) is 11.1. The molecule has 0 N–H and O–H groups in total. The second-order valence-corrected chi connectivity index (χ2v) is 9.80. The lowest BCUT2D eigenvalue weighted by Crippen LogP contribution is -2.46. The predicted octanol–water partition coefficient (Wildman–Crippen LogP) is 8.35. The molecule has 242 valence electrons. The van der Waals surface area contributed by atoms with Crippen molar-refractivity contribution in [3.63, 3.8) is 0 Å². The molecule has 0 amide bonds. The minimum atomic E-state index is -3.35. The molecule has 0 radical (unpaired) electrons. The van der Waals surface area contributed by atoms with E-state index < -0.39 is 145 Å². The van der Waals surface area contributed by atoms with Crippen molar-refractivity contribution in [2.24, 2.45) is 0 Å². The first-order valence-electron chi connectivity index (χ1n) is 12.5. The summed E-state index contributed by atoms with van der Waals surface area (Å²) >= 11 is 0. The second-order valence-electron chi connectivity index (χ2n) is 9.80. The van der Waals surface area contributed by atoms with E-state index in [0.717, 1.165) is 6.07 Å². The minimum Gasteiger partial charge on any atom is -0.519 e. The van der Waals surface area contributed by atoms with Crippen LogP contribution in [0.2, 0.25) is 0 Å². The van der Waals surface area contributed by atoms with Gasteiger partial charge < -0.3 is 9.31 Å². The average Bonchev–Trinajstić information content (AvgIpc) is 3.44. The first kappa shape index (κ1) is 31.9. The molecule has 0 atom stereocenters. The highest BCUT2D eigenvalue weighted by Gasteiger charge is 2.43. The van der Waals surface area contributed by atoms with Gasteiger partial charge in [0.05, 0.1) is 10.8 Å². The van der Waals surface area contributed by atoms with Crippen molar-refractivity contribution in [2.45, 2.75) is 6.42 Å². The maximum absolute atomic E-state index is 15.4. The molecule has 0 aliphatic heterocycles. The van der Waals surface area contributed by atoms with E-state index in [9.17, 15) is 57.1 Å². The molecule has 5 aromatic rings. The van der Waals surface area contributed by atoms with Crippen LogP contribution in [0.1, 0.15) is 11.1 Å². The molecule has 5 aromatic carbocycles. The third kappa shape index (κ3) is 4.55. The molecule has 6 rings (SSSR count). The maximum atomic E-state index is 15.4. The highest BCUT2D eigenvalue weighted by atomic mass is 19.2. The fourth-order valence-corrected chi connectivity index (χ4v) is 5.14. The van der Waals surface area contributed by atoms with E-state index in [2.05, 4.69) is 4.65 Å². The largest absolute Gasteiger partial charge is 0.636 e. The van der Waals surface area contributed by atoms with Crippen LogP contribution < -0.4 is 14.8 Å². The van der Waals surface area contributed by atoms with Gasteiger partial charge in [-0.1, -0.05) is 12.1 Å². The van der Waals surface area contributed by atoms with E-state index >= 15 is 8.78 Å². The Morgan fingerprint density at radius 2 is 0.915 bits per heavy atom. The van der Waals surface area contributed by atoms with Crippen molar-refractivity contribution in [2.75, 3.05) is 0 Å². The molecule has 0 heterocycles. The summed E-state index contributed by atoms with van der Waals surface area (Å²) in [5.74, 6) is -39.8. The van der Waals surface area contributed by atoms with Gasteiger partial charge >= 0.3 is 7.12 Å². The topological polar surface area (TPSA) is 18.5 Å². The molecule has 18 heteroatoms. The fourth-order valence-electron chi connectivity index (χ4n) is 5.14. The van der Waals surface area contributed by atoms with Crippen LogP contribution in [0, 0.1) is 87.3 Å². The standard InChI is InChI=1S/C29H6BF15O2/c31-9-3-1-6-5-8-12(11(6)15(9)33)17(35)21(39)25(43)28(8)46-30(47-29-26(44)23(41)22(40)24(42)27(29)45)14-7-2-4-10(32)16(34)13(7)18(36)20(38)19(14)37/h1-4H,5H2. The van der Waals surface area contributed by atoms with Crippen LogP contribution in [0.3, 0.4) is 0 Å². The minimum absolute atomic E-state index is 0.178. The molecular weight excluding hydrogens is 676 g/mol. The predicted molar refractivity (Wildman–Crippen MR) is 131 cm³/mol. The quantitative estimate of drug-likeness (QED) is 0.0789. The number of benzene rings is 5. The number of rotatable bonds is 5. The Hall–Kier alpha value is -5.03. The molecule has 0 aromatic heterocycles. The molecule has 0 unspecified atom stereocenters. The van der Waals surface area contributed by atoms with E-state index in [1.165, 1.54) is 0 Å². The van der Waals surface area contributed by atoms with Crippen LogP contribution in [0.5, 0.6) is 11.5 Å². The van der Waals surface area contributed by atoms with Gasteiger partial charge in [-0.3, -0.25) is 0 Å². The lowest BCUT2D eigenvalue weighted by Gasteiger charge is -2.22. The summed E-state index contributed by atoms with van der Waals surface area (Å²) in [4.78, 5) is 0. The van der Waals surface area contributed by atoms with Crippen LogP contribution in [-0.4, -0.2) is 7.12 Å². The zero-order valence-corrected chi connectivity index (χ0v) is 22.1. The Morgan fingerprint density at radius 1 is 0.426 bits per heavy atom. The highest BCUT2D eigenvalue weighted by molar-refractivity contribution is 6.66. The summed E-state index contributed by atoms with van der Waals surface area (Å²) in [5.41, 5.74) is -5.21. The van der Waals surface area contributed by atoms with E-state index in [4.69, 9.17) is 4.65 Å². The first-order valence-corrected chi connectivity index (χ1v) is 12.5. The Labute approximate surface area is 250 Å². The number of halogens is 15. The van der Waals surface area contributed by atoms with Crippen LogP contribution in [0.15, 0.2) is 24.3 Å². The van der Waals surface area contributed by atoms with Gasteiger partial charge in [0.15, 0.2) is 58.1 Å². The van der Waals surface area contributed by atoms with Gasteiger partial charge in [0.1, 0.15) is 5.75 Å². The highest BCUT2D eigenvalue weighted by Crippen LogP contribution is 2.47. The normalized spacial score (nSPS) is 12.1. The van der Waals surface area contributed by atoms with Crippen molar-refractivity contribution in [1.82, 2.24) is 0 Å². The Morgan fingerprint density at radius 3 is 1.55 bits per heavy atom. The summed E-state index contributed by atoms with van der Waals surface area (Å²) < 4.78 is 228. The van der Waals surface area contributed by atoms with Crippen LogP contribution in [0.25, 0.3) is 21.9 Å². The zero-order valence-electron chi connectivity index (χ0n) is 22.1. The van der Waals surface area contributed by atoms with Crippen LogP contribution >= 0.6 is 0 Å². The molecule has 0 saturated heterocycles. The molecule has 1 aliphatic carbocycles. The van der Waals surface area contributed by atoms with Crippen molar-refractivity contribution >= 4 is 23.4 Å². The van der Waals surface area contributed by atoms with E-state index in [-0.39, 0.29) is 11.6 Å². The van der Waals surface area contributed by atoms with E-state index in [0.29, 0.717) is 12.1 Å². The van der Waals surface area contributed by atoms with E-state index in [1.807, 2.05) is 0 Å².